The number of alkyl halides is 1. The Hall–Kier alpha value is -0.900. The van der Waals surface area contributed by atoms with Gasteiger partial charge in [0.05, 0.1) is 5.38 Å². The molecule has 18 heavy (non-hydrogen) atoms. The van der Waals surface area contributed by atoms with Crippen LogP contribution in [-0.4, -0.2) is 0 Å². The predicted molar refractivity (Wildman–Crippen MR) is 78.4 cm³/mol. The first-order chi connectivity index (χ1) is 8.72. The molecule has 0 fully saturated rings. The maximum Gasteiger partial charge on any atom is 0.124 e. The summed E-state index contributed by atoms with van der Waals surface area (Å²) in [6.45, 7) is 0. The standard InChI is InChI=1S/C14H10ClFS2/c15-12(8-11-2-1-5-17-11)14-6-9-3-4-10(16)7-13(9)18-14/h1-7,12H,8H2. The Morgan fingerprint density at radius 3 is 2.89 bits per heavy atom. The van der Waals surface area contributed by atoms with E-state index in [1.807, 2.05) is 6.07 Å². The van der Waals surface area contributed by atoms with E-state index in [-0.39, 0.29) is 11.2 Å². The number of hydrogen-bond donors (Lipinski definition) is 0. The van der Waals surface area contributed by atoms with Crippen LogP contribution in [0, 0.1) is 5.82 Å². The number of halogens is 2. The summed E-state index contributed by atoms with van der Waals surface area (Å²) in [5, 5.41) is 3.08. The van der Waals surface area contributed by atoms with E-state index >= 15 is 0 Å². The van der Waals surface area contributed by atoms with Gasteiger partial charge in [0.2, 0.25) is 0 Å². The van der Waals surface area contributed by atoms with E-state index in [1.165, 1.54) is 10.9 Å². The van der Waals surface area contributed by atoms with E-state index in [4.69, 9.17) is 11.6 Å². The monoisotopic (exact) mass is 296 g/mol. The first-order valence-corrected chi connectivity index (χ1v) is 7.71. The van der Waals surface area contributed by atoms with Gasteiger partial charge in [-0.15, -0.1) is 34.3 Å². The third-order valence-corrected chi connectivity index (χ3v) is 5.40. The molecule has 0 radical (unpaired) electrons. The molecule has 0 saturated heterocycles. The van der Waals surface area contributed by atoms with E-state index in [9.17, 15) is 4.39 Å². The van der Waals surface area contributed by atoms with Crippen molar-refractivity contribution in [1.29, 1.82) is 0 Å². The summed E-state index contributed by atoms with van der Waals surface area (Å²) in [6, 6.07) is 11.0. The van der Waals surface area contributed by atoms with Gasteiger partial charge in [-0.25, -0.2) is 4.39 Å². The van der Waals surface area contributed by atoms with Crippen molar-refractivity contribution >= 4 is 44.4 Å². The predicted octanol–water partition coefficient (Wildman–Crippen LogP) is 5.62. The van der Waals surface area contributed by atoms with Crippen LogP contribution in [0.1, 0.15) is 15.1 Å². The number of rotatable bonds is 3. The molecule has 1 aromatic carbocycles. The molecule has 3 rings (SSSR count). The van der Waals surface area contributed by atoms with Gasteiger partial charge in [0, 0.05) is 20.9 Å². The zero-order valence-corrected chi connectivity index (χ0v) is 11.8. The molecule has 0 aliphatic carbocycles. The van der Waals surface area contributed by atoms with Crippen molar-refractivity contribution in [2.45, 2.75) is 11.8 Å². The highest BCUT2D eigenvalue weighted by Gasteiger charge is 2.13. The molecule has 4 heteroatoms. The molecular formula is C14H10ClFS2. The van der Waals surface area contributed by atoms with Gasteiger partial charge in [-0.3, -0.25) is 0 Å². The van der Waals surface area contributed by atoms with Crippen LogP contribution >= 0.6 is 34.3 Å². The van der Waals surface area contributed by atoms with Gasteiger partial charge >= 0.3 is 0 Å². The van der Waals surface area contributed by atoms with E-state index in [0.29, 0.717) is 0 Å². The molecule has 2 heterocycles. The summed E-state index contributed by atoms with van der Waals surface area (Å²) in [5.74, 6) is -0.194. The van der Waals surface area contributed by atoms with Crippen molar-refractivity contribution in [3.63, 3.8) is 0 Å². The van der Waals surface area contributed by atoms with Crippen LogP contribution in [0.4, 0.5) is 4.39 Å². The molecular weight excluding hydrogens is 287 g/mol. The highest BCUT2D eigenvalue weighted by Crippen LogP contribution is 2.35. The Balaban J connectivity index is 1.89. The molecule has 0 aliphatic rings. The molecule has 0 nitrogen and oxygen atoms in total. The van der Waals surface area contributed by atoms with Crippen molar-refractivity contribution in [1.82, 2.24) is 0 Å². The van der Waals surface area contributed by atoms with Gasteiger partial charge in [0.1, 0.15) is 5.82 Å². The van der Waals surface area contributed by atoms with Crippen LogP contribution in [0.15, 0.2) is 41.8 Å². The van der Waals surface area contributed by atoms with E-state index in [1.54, 1.807) is 34.8 Å². The SMILES string of the molecule is Fc1ccc2cc(C(Cl)Cc3cccs3)sc2c1. The molecule has 2 aromatic heterocycles. The second-order valence-corrected chi connectivity index (χ2v) is 6.76. The number of thiophene rings is 2. The van der Waals surface area contributed by atoms with Gasteiger partial charge in [-0.1, -0.05) is 12.1 Å². The zero-order chi connectivity index (χ0) is 12.5. The van der Waals surface area contributed by atoms with Crippen molar-refractivity contribution in [2.24, 2.45) is 0 Å². The molecule has 0 spiro atoms. The summed E-state index contributed by atoms with van der Waals surface area (Å²) in [5.41, 5.74) is 0. The summed E-state index contributed by atoms with van der Waals surface area (Å²) in [6.07, 6.45) is 0.828. The Morgan fingerprint density at radius 2 is 2.11 bits per heavy atom. The summed E-state index contributed by atoms with van der Waals surface area (Å²) < 4.78 is 14.1. The third kappa shape index (κ3) is 2.44. The van der Waals surface area contributed by atoms with Crippen LogP contribution in [0.5, 0.6) is 0 Å². The van der Waals surface area contributed by atoms with Gasteiger partial charge in [0.15, 0.2) is 0 Å². The van der Waals surface area contributed by atoms with Crippen molar-refractivity contribution < 1.29 is 4.39 Å². The topological polar surface area (TPSA) is 0 Å². The van der Waals surface area contributed by atoms with Gasteiger partial charge < -0.3 is 0 Å². The van der Waals surface area contributed by atoms with Gasteiger partial charge in [0.25, 0.3) is 0 Å². The van der Waals surface area contributed by atoms with Crippen LogP contribution in [0.25, 0.3) is 10.1 Å². The fourth-order valence-corrected chi connectivity index (χ4v) is 4.16. The molecule has 0 saturated carbocycles. The Bertz CT molecular complexity index is 658. The number of hydrogen-bond acceptors (Lipinski definition) is 2. The zero-order valence-electron chi connectivity index (χ0n) is 9.40. The van der Waals surface area contributed by atoms with Crippen LogP contribution < -0.4 is 0 Å². The molecule has 0 N–H and O–H groups in total. The molecule has 3 aromatic rings. The van der Waals surface area contributed by atoms with Crippen LogP contribution in [0.2, 0.25) is 0 Å². The lowest BCUT2D eigenvalue weighted by Gasteiger charge is -2.04. The lowest BCUT2D eigenvalue weighted by Crippen LogP contribution is -1.89. The average molecular weight is 297 g/mol. The Morgan fingerprint density at radius 1 is 1.22 bits per heavy atom. The fraction of sp³-hybridized carbons (Fsp3) is 0.143. The van der Waals surface area contributed by atoms with Crippen LogP contribution in [-0.2, 0) is 6.42 Å². The normalized spacial score (nSPS) is 13.0. The van der Waals surface area contributed by atoms with Crippen molar-refractivity contribution in [3.8, 4) is 0 Å². The maximum atomic E-state index is 13.1. The molecule has 0 bridgehead atoms. The van der Waals surface area contributed by atoms with Crippen molar-refractivity contribution in [2.75, 3.05) is 0 Å². The largest absolute Gasteiger partial charge is 0.207 e. The van der Waals surface area contributed by atoms with Gasteiger partial charge in [-0.05, 0) is 35.0 Å². The average Bonchev–Trinajstić information content (AvgIpc) is 2.96. The van der Waals surface area contributed by atoms with E-state index < -0.39 is 0 Å². The highest BCUT2D eigenvalue weighted by molar-refractivity contribution is 7.19. The Labute approximate surface area is 118 Å². The summed E-state index contributed by atoms with van der Waals surface area (Å²) in [4.78, 5) is 2.38. The molecule has 1 atom stereocenters. The fourth-order valence-electron chi connectivity index (χ4n) is 1.89. The minimum absolute atomic E-state index is 0.0379. The number of fused-ring (bicyclic) bond motifs is 1. The minimum Gasteiger partial charge on any atom is -0.207 e. The van der Waals surface area contributed by atoms with Crippen LogP contribution in [0.3, 0.4) is 0 Å². The van der Waals surface area contributed by atoms with E-state index in [2.05, 4.69) is 17.5 Å². The summed E-state index contributed by atoms with van der Waals surface area (Å²) in [7, 11) is 0. The molecule has 0 amide bonds. The molecule has 0 aliphatic heterocycles. The van der Waals surface area contributed by atoms with Crippen molar-refractivity contribution in [3.05, 3.63) is 57.3 Å². The minimum atomic E-state index is -0.194. The number of benzene rings is 1. The molecule has 92 valence electrons. The second kappa shape index (κ2) is 5.00. The third-order valence-electron chi connectivity index (χ3n) is 2.77. The lowest BCUT2D eigenvalue weighted by molar-refractivity contribution is 0.630. The quantitative estimate of drug-likeness (QED) is 0.550. The maximum absolute atomic E-state index is 13.1. The second-order valence-electron chi connectivity index (χ2n) is 4.08. The lowest BCUT2D eigenvalue weighted by atomic mass is 10.2. The smallest absolute Gasteiger partial charge is 0.124 e. The first-order valence-electron chi connectivity index (χ1n) is 5.58. The highest BCUT2D eigenvalue weighted by atomic mass is 35.5. The summed E-state index contributed by atoms with van der Waals surface area (Å²) >= 11 is 9.72. The van der Waals surface area contributed by atoms with E-state index in [0.717, 1.165) is 21.4 Å². The van der Waals surface area contributed by atoms with Gasteiger partial charge in [-0.2, -0.15) is 0 Å². The first kappa shape index (κ1) is 12.2. The molecule has 1 unspecified atom stereocenters. The Kier molecular flexibility index (Phi) is 3.37.